The van der Waals surface area contributed by atoms with Crippen molar-refractivity contribution in [2.24, 2.45) is 0 Å². The second-order valence-corrected chi connectivity index (χ2v) is 4.04. The Hall–Kier alpha value is -1.19. The van der Waals surface area contributed by atoms with E-state index in [-0.39, 0.29) is 0 Å². The zero-order chi connectivity index (χ0) is 9.64. The van der Waals surface area contributed by atoms with Crippen LogP contribution in [0.25, 0.3) is 0 Å². The predicted octanol–water partition coefficient (Wildman–Crippen LogP) is 2.43. The van der Waals surface area contributed by atoms with Gasteiger partial charge in [-0.3, -0.25) is 4.98 Å². The molecule has 0 saturated carbocycles. The highest BCUT2D eigenvalue weighted by atomic mass is 32.1. The van der Waals surface area contributed by atoms with E-state index in [4.69, 9.17) is 0 Å². The Morgan fingerprint density at radius 3 is 2.86 bits per heavy atom. The Morgan fingerprint density at radius 2 is 2.14 bits per heavy atom. The van der Waals surface area contributed by atoms with E-state index in [1.807, 2.05) is 24.4 Å². The Bertz CT molecular complexity index is 356. The maximum Gasteiger partial charge on any atom is 0.0541 e. The topological polar surface area (TPSA) is 24.9 Å². The molecule has 0 aliphatic heterocycles. The molecule has 0 radical (unpaired) electrons. The van der Waals surface area contributed by atoms with Crippen LogP contribution in [0.2, 0.25) is 0 Å². The van der Waals surface area contributed by atoms with Gasteiger partial charge in [0, 0.05) is 24.2 Å². The highest BCUT2D eigenvalue weighted by Crippen LogP contribution is 2.07. The molecule has 0 aliphatic rings. The van der Waals surface area contributed by atoms with Gasteiger partial charge < -0.3 is 5.32 Å². The number of hydrogen-bond donors (Lipinski definition) is 1. The molecule has 2 heterocycles. The van der Waals surface area contributed by atoms with Gasteiger partial charge in [0.2, 0.25) is 0 Å². The molecule has 3 heteroatoms. The zero-order valence-electron chi connectivity index (χ0n) is 7.81. The van der Waals surface area contributed by atoms with Crippen LogP contribution in [0, 0.1) is 0 Å². The number of thiophene rings is 1. The molecule has 0 spiro atoms. The average Bonchev–Trinajstić information content (AvgIpc) is 2.72. The third kappa shape index (κ3) is 2.65. The maximum absolute atomic E-state index is 4.24. The quantitative estimate of drug-likeness (QED) is 0.827. The fourth-order valence-electron chi connectivity index (χ4n) is 1.23. The van der Waals surface area contributed by atoms with Crippen molar-refractivity contribution >= 4 is 11.3 Å². The summed E-state index contributed by atoms with van der Waals surface area (Å²) in [7, 11) is 0. The summed E-state index contributed by atoms with van der Waals surface area (Å²) in [5.74, 6) is 0. The van der Waals surface area contributed by atoms with Gasteiger partial charge in [0.05, 0.1) is 5.69 Å². The molecule has 0 fully saturated rings. The summed E-state index contributed by atoms with van der Waals surface area (Å²) in [6.45, 7) is 1.76. The van der Waals surface area contributed by atoms with Crippen molar-refractivity contribution in [2.45, 2.75) is 13.1 Å². The van der Waals surface area contributed by atoms with Gasteiger partial charge in [-0.25, -0.2) is 0 Å². The lowest BCUT2D eigenvalue weighted by Gasteiger charge is -2.01. The number of pyridine rings is 1. The van der Waals surface area contributed by atoms with E-state index in [0.717, 1.165) is 18.8 Å². The summed E-state index contributed by atoms with van der Waals surface area (Å²) in [5, 5.41) is 5.45. The fraction of sp³-hybridized carbons (Fsp3) is 0.182. The lowest BCUT2D eigenvalue weighted by atomic mass is 10.3. The third-order valence-corrected chi connectivity index (χ3v) is 2.79. The zero-order valence-corrected chi connectivity index (χ0v) is 8.63. The molecule has 0 saturated heterocycles. The normalized spacial score (nSPS) is 10.3. The van der Waals surface area contributed by atoms with Crippen LogP contribution in [0.5, 0.6) is 0 Å². The lowest BCUT2D eigenvalue weighted by Crippen LogP contribution is -2.12. The first kappa shape index (κ1) is 9.37. The van der Waals surface area contributed by atoms with Crippen LogP contribution in [0.3, 0.4) is 0 Å². The van der Waals surface area contributed by atoms with E-state index in [1.54, 1.807) is 11.3 Å². The molecule has 72 valence electrons. The van der Waals surface area contributed by atoms with Gasteiger partial charge in [-0.05, 0) is 23.6 Å². The van der Waals surface area contributed by atoms with Crippen molar-refractivity contribution in [3.8, 4) is 0 Å². The summed E-state index contributed by atoms with van der Waals surface area (Å²) in [6.07, 6.45) is 1.82. The van der Waals surface area contributed by atoms with E-state index in [1.165, 1.54) is 4.88 Å². The van der Waals surface area contributed by atoms with Crippen LogP contribution in [0.4, 0.5) is 0 Å². The molecule has 2 aromatic rings. The number of hydrogen-bond acceptors (Lipinski definition) is 3. The minimum absolute atomic E-state index is 0.832. The number of aromatic nitrogens is 1. The minimum Gasteiger partial charge on any atom is -0.306 e. The Balaban J connectivity index is 1.79. The molecule has 1 N–H and O–H groups in total. The summed E-state index contributed by atoms with van der Waals surface area (Å²) < 4.78 is 0. The highest BCUT2D eigenvalue weighted by molar-refractivity contribution is 7.09. The van der Waals surface area contributed by atoms with Crippen LogP contribution < -0.4 is 5.32 Å². The summed E-state index contributed by atoms with van der Waals surface area (Å²) in [5.41, 5.74) is 1.09. The smallest absolute Gasteiger partial charge is 0.0541 e. The second-order valence-electron chi connectivity index (χ2n) is 3.00. The predicted molar refractivity (Wildman–Crippen MR) is 59.1 cm³/mol. The molecule has 0 unspecified atom stereocenters. The molecule has 2 nitrogen and oxygen atoms in total. The third-order valence-electron chi connectivity index (χ3n) is 1.91. The van der Waals surface area contributed by atoms with Crippen LogP contribution in [0.15, 0.2) is 41.9 Å². The van der Waals surface area contributed by atoms with Crippen molar-refractivity contribution in [2.75, 3.05) is 0 Å². The van der Waals surface area contributed by atoms with Gasteiger partial charge >= 0.3 is 0 Å². The molecule has 14 heavy (non-hydrogen) atoms. The van der Waals surface area contributed by atoms with Gasteiger partial charge in [0.15, 0.2) is 0 Å². The van der Waals surface area contributed by atoms with Gasteiger partial charge in [0.1, 0.15) is 0 Å². The first-order valence-electron chi connectivity index (χ1n) is 4.58. The van der Waals surface area contributed by atoms with Crippen molar-refractivity contribution in [3.05, 3.63) is 52.5 Å². The van der Waals surface area contributed by atoms with Gasteiger partial charge in [-0.2, -0.15) is 0 Å². The summed E-state index contributed by atoms with van der Waals surface area (Å²) >= 11 is 1.78. The van der Waals surface area contributed by atoms with Gasteiger partial charge in [-0.1, -0.05) is 12.1 Å². The molecular formula is C11H12N2S. The summed E-state index contributed by atoms with van der Waals surface area (Å²) in [6, 6.07) is 10.2. The molecule has 0 amide bonds. The van der Waals surface area contributed by atoms with Crippen molar-refractivity contribution in [1.29, 1.82) is 0 Å². The standard InChI is InChI=1S/C11H12N2S/c1-2-6-13-10(4-1)8-12-9-11-5-3-7-14-11/h1-7,12H,8-9H2. The van der Waals surface area contributed by atoms with E-state index >= 15 is 0 Å². The van der Waals surface area contributed by atoms with Crippen molar-refractivity contribution in [1.82, 2.24) is 10.3 Å². The molecule has 0 bridgehead atoms. The molecule has 2 aromatic heterocycles. The Labute approximate surface area is 87.6 Å². The molecule has 0 aliphatic carbocycles. The van der Waals surface area contributed by atoms with E-state index in [9.17, 15) is 0 Å². The van der Waals surface area contributed by atoms with Gasteiger partial charge in [-0.15, -0.1) is 11.3 Å². The van der Waals surface area contributed by atoms with Crippen LogP contribution in [-0.4, -0.2) is 4.98 Å². The number of nitrogens with one attached hydrogen (secondary N) is 1. The maximum atomic E-state index is 4.24. The largest absolute Gasteiger partial charge is 0.306 e. The monoisotopic (exact) mass is 204 g/mol. The number of nitrogens with zero attached hydrogens (tertiary/aromatic N) is 1. The Morgan fingerprint density at radius 1 is 1.14 bits per heavy atom. The fourth-order valence-corrected chi connectivity index (χ4v) is 1.90. The van der Waals surface area contributed by atoms with Crippen LogP contribution in [0.1, 0.15) is 10.6 Å². The number of rotatable bonds is 4. The minimum atomic E-state index is 0.832. The molecular weight excluding hydrogens is 192 g/mol. The lowest BCUT2D eigenvalue weighted by molar-refractivity contribution is 0.686. The first-order valence-corrected chi connectivity index (χ1v) is 5.46. The van der Waals surface area contributed by atoms with E-state index < -0.39 is 0 Å². The SMILES string of the molecule is c1ccc(CNCc2cccs2)nc1. The first-order chi connectivity index (χ1) is 6.95. The Kier molecular flexibility index (Phi) is 3.27. The van der Waals surface area contributed by atoms with Crippen molar-refractivity contribution in [3.63, 3.8) is 0 Å². The average molecular weight is 204 g/mol. The van der Waals surface area contributed by atoms with Crippen molar-refractivity contribution < 1.29 is 0 Å². The van der Waals surface area contributed by atoms with Gasteiger partial charge in [0.25, 0.3) is 0 Å². The van der Waals surface area contributed by atoms with Crippen LogP contribution in [-0.2, 0) is 13.1 Å². The van der Waals surface area contributed by atoms with E-state index in [0.29, 0.717) is 0 Å². The highest BCUT2D eigenvalue weighted by Gasteiger charge is 1.94. The molecule has 0 aromatic carbocycles. The second kappa shape index (κ2) is 4.88. The summed E-state index contributed by atoms with van der Waals surface area (Å²) in [4.78, 5) is 5.60. The molecule has 0 atom stereocenters. The molecule has 2 rings (SSSR count). The van der Waals surface area contributed by atoms with Crippen LogP contribution >= 0.6 is 11.3 Å². The van der Waals surface area contributed by atoms with E-state index in [2.05, 4.69) is 27.8 Å².